The summed E-state index contributed by atoms with van der Waals surface area (Å²) in [5.41, 5.74) is 0.312. The van der Waals surface area contributed by atoms with Crippen LogP contribution in [0.3, 0.4) is 0 Å². The maximum absolute atomic E-state index is 12.3. The molecule has 0 bridgehead atoms. The first-order valence-electron chi connectivity index (χ1n) is 5.58. The molecule has 1 N–H and O–H groups in total. The quantitative estimate of drug-likeness (QED) is 0.308. The Hall–Kier alpha value is -1.50. The fourth-order valence-electron chi connectivity index (χ4n) is 2.18. The zero-order valence-electron chi connectivity index (χ0n) is 10.7. The molecule has 0 aliphatic rings. The SMILES string of the molecule is COc1cccc2c1[n+]([O-])c1cccc(O)c1[n+]2[O-].[Ca+2]. The molecule has 0 aliphatic carbocycles. The topological polar surface area (TPSA) is 83.3 Å². The van der Waals surface area contributed by atoms with Crippen molar-refractivity contribution in [1.82, 2.24) is 0 Å². The number of phenolic OH excluding ortho intramolecular Hbond substituents is 1. The van der Waals surface area contributed by atoms with E-state index in [1.165, 1.54) is 31.4 Å². The van der Waals surface area contributed by atoms with Gasteiger partial charge < -0.3 is 20.3 Å². The number of benzene rings is 2. The predicted molar refractivity (Wildman–Crippen MR) is 73.3 cm³/mol. The Morgan fingerprint density at radius 1 is 0.950 bits per heavy atom. The third-order valence-corrected chi connectivity index (χ3v) is 3.03. The van der Waals surface area contributed by atoms with E-state index in [9.17, 15) is 15.5 Å². The van der Waals surface area contributed by atoms with Crippen LogP contribution in [0.15, 0.2) is 36.4 Å². The van der Waals surface area contributed by atoms with Crippen LogP contribution in [0.25, 0.3) is 22.1 Å². The molecule has 0 amide bonds. The van der Waals surface area contributed by atoms with Crippen molar-refractivity contribution >= 4 is 59.8 Å². The van der Waals surface area contributed by atoms with Crippen LogP contribution in [-0.2, 0) is 0 Å². The largest absolute Gasteiger partial charge is 2.00 e. The van der Waals surface area contributed by atoms with Crippen LogP contribution in [-0.4, -0.2) is 50.0 Å². The second-order valence-corrected chi connectivity index (χ2v) is 4.06. The minimum absolute atomic E-state index is 0. The fraction of sp³-hybridized carbons (Fsp3) is 0.0769. The Kier molecular flexibility index (Phi) is 4.08. The number of methoxy groups -OCH3 is 1. The van der Waals surface area contributed by atoms with Gasteiger partial charge in [-0.1, -0.05) is 12.1 Å². The van der Waals surface area contributed by atoms with Crippen LogP contribution in [0.2, 0.25) is 0 Å². The molecule has 0 radical (unpaired) electrons. The Morgan fingerprint density at radius 3 is 2.15 bits per heavy atom. The van der Waals surface area contributed by atoms with E-state index in [1.54, 1.807) is 12.1 Å². The van der Waals surface area contributed by atoms with Crippen molar-refractivity contribution in [2.75, 3.05) is 7.11 Å². The second kappa shape index (κ2) is 5.47. The first kappa shape index (κ1) is 14.9. The summed E-state index contributed by atoms with van der Waals surface area (Å²) in [4.78, 5) is 0. The Bertz CT molecular complexity index is 807. The van der Waals surface area contributed by atoms with E-state index in [4.69, 9.17) is 4.74 Å². The van der Waals surface area contributed by atoms with E-state index < -0.39 is 0 Å². The second-order valence-electron chi connectivity index (χ2n) is 4.06. The van der Waals surface area contributed by atoms with Crippen LogP contribution >= 0.6 is 0 Å². The third kappa shape index (κ3) is 2.00. The normalized spacial score (nSPS) is 10.4. The van der Waals surface area contributed by atoms with Gasteiger partial charge in [0.05, 0.1) is 7.11 Å². The van der Waals surface area contributed by atoms with Gasteiger partial charge in [0, 0.05) is 12.1 Å². The molecule has 1 aromatic heterocycles. The van der Waals surface area contributed by atoms with Gasteiger partial charge in [0.25, 0.3) is 11.0 Å². The standard InChI is InChI=1S/C13H10N2O4.Ca/c1-19-11-7-3-5-9-13(11)15(18)8-4-2-6-10(16)12(8)14(9)17;/h2-7,16H,1H3;/q;+2. The number of rotatable bonds is 1. The number of phenols is 1. The van der Waals surface area contributed by atoms with E-state index in [0.717, 1.165) is 0 Å². The smallest absolute Gasteiger partial charge is 0.617 e. The van der Waals surface area contributed by atoms with Crippen molar-refractivity contribution in [2.24, 2.45) is 0 Å². The molecule has 0 fully saturated rings. The molecule has 20 heavy (non-hydrogen) atoms. The van der Waals surface area contributed by atoms with Crippen molar-refractivity contribution in [3.63, 3.8) is 0 Å². The summed E-state index contributed by atoms with van der Waals surface area (Å²) in [6.07, 6.45) is 0. The molecule has 0 unspecified atom stereocenters. The van der Waals surface area contributed by atoms with Crippen molar-refractivity contribution in [3.05, 3.63) is 46.8 Å². The van der Waals surface area contributed by atoms with Gasteiger partial charge >= 0.3 is 48.8 Å². The molecule has 0 spiro atoms. The van der Waals surface area contributed by atoms with E-state index in [-0.39, 0.29) is 65.6 Å². The van der Waals surface area contributed by atoms with Crippen LogP contribution < -0.4 is 14.2 Å². The van der Waals surface area contributed by atoms with Crippen LogP contribution in [0.1, 0.15) is 0 Å². The number of aromatic nitrogens is 2. The zero-order valence-corrected chi connectivity index (χ0v) is 12.9. The van der Waals surface area contributed by atoms with E-state index in [0.29, 0.717) is 15.2 Å². The Morgan fingerprint density at radius 2 is 1.50 bits per heavy atom. The molecule has 96 valence electrons. The third-order valence-electron chi connectivity index (χ3n) is 3.03. The van der Waals surface area contributed by atoms with Gasteiger partial charge in [-0.05, 0) is 12.1 Å². The van der Waals surface area contributed by atoms with Gasteiger partial charge in [0.2, 0.25) is 0 Å². The first-order valence-corrected chi connectivity index (χ1v) is 5.58. The number of fused-ring (bicyclic) bond motifs is 2. The van der Waals surface area contributed by atoms with Gasteiger partial charge in [-0.25, -0.2) is 0 Å². The maximum Gasteiger partial charge on any atom is 2.00 e. The summed E-state index contributed by atoms with van der Waals surface area (Å²) < 4.78 is 6.24. The van der Waals surface area contributed by atoms with Crippen molar-refractivity contribution in [1.29, 1.82) is 0 Å². The molecule has 0 saturated heterocycles. The fourth-order valence-corrected chi connectivity index (χ4v) is 2.18. The molecule has 0 atom stereocenters. The number of hydrogen-bond acceptors (Lipinski definition) is 4. The van der Waals surface area contributed by atoms with Crippen molar-refractivity contribution in [2.45, 2.75) is 0 Å². The van der Waals surface area contributed by atoms with E-state index in [2.05, 4.69) is 0 Å². The minimum atomic E-state index is -0.234. The molecule has 3 aromatic rings. The van der Waals surface area contributed by atoms with Crippen molar-refractivity contribution < 1.29 is 19.3 Å². The molecule has 7 heteroatoms. The monoisotopic (exact) mass is 298 g/mol. The minimum Gasteiger partial charge on any atom is -0.617 e. The summed E-state index contributed by atoms with van der Waals surface area (Å²) in [6, 6.07) is 9.07. The number of hydrogen-bond donors (Lipinski definition) is 1. The van der Waals surface area contributed by atoms with Gasteiger partial charge in [0.1, 0.15) is 0 Å². The molecular weight excluding hydrogens is 288 g/mol. The average molecular weight is 298 g/mol. The van der Waals surface area contributed by atoms with Gasteiger partial charge in [-0.15, -0.1) is 0 Å². The zero-order chi connectivity index (χ0) is 13.6. The maximum atomic E-state index is 12.3. The average Bonchev–Trinajstić information content (AvgIpc) is 2.43. The Balaban J connectivity index is 0.00000147. The van der Waals surface area contributed by atoms with E-state index in [1.807, 2.05) is 0 Å². The first-order chi connectivity index (χ1) is 9.15. The van der Waals surface area contributed by atoms with Gasteiger partial charge in [-0.3, -0.25) is 0 Å². The van der Waals surface area contributed by atoms with Gasteiger partial charge in [0.15, 0.2) is 11.5 Å². The number of nitrogens with zero attached hydrogens (tertiary/aromatic N) is 2. The molecule has 0 saturated carbocycles. The molecular formula is C13H10CaN2O4+2. The Labute approximate surface area is 144 Å². The van der Waals surface area contributed by atoms with Crippen LogP contribution in [0.4, 0.5) is 0 Å². The summed E-state index contributed by atoms with van der Waals surface area (Å²) in [6.45, 7) is 0. The molecule has 2 aromatic carbocycles. The summed E-state index contributed by atoms with van der Waals surface area (Å²) >= 11 is 0. The van der Waals surface area contributed by atoms with Crippen LogP contribution in [0.5, 0.6) is 11.5 Å². The molecule has 0 aliphatic heterocycles. The van der Waals surface area contributed by atoms with Gasteiger partial charge in [-0.2, -0.15) is 9.46 Å². The number of ether oxygens (including phenoxy) is 1. The molecule has 3 rings (SSSR count). The summed E-state index contributed by atoms with van der Waals surface area (Å²) in [5.74, 6) is 0.0733. The van der Waals surface area contributed by atoms with Crippen LogP contribution in [0, 0.1) is 10.4 Å². The van der Waals surface area contributed by atoms with Crippen molar-refractivity contribution in [3.8, 4) is 11.5 Å². The summed E-state index contributed by atoms with van der Waals surface area (Å²) in [5, 5.41) is 34.4. The molecule has 1 heterocycles. The molecule has 6 nitrogen and oxygen atoms in total. The van der Waals surface area contributed by atoms with E-state index >= 15 is 0 Å². The summed E-state index contributed by atoms with van der Waals surface area (Å²) in [7, 11) is 1.43. The number of aromatic hydroxyl groups is 1. The number of para-hydroxylation sites is 2. The predicted octanol–water partition coefficient (Wildman–Crippen LogP) is 0.593.